The highest BCUT2D eigenvalue weighted by Gasteiger charge is 2.23. The lowest BCUT2D eigenvalue weighted by Gasteiger charge is -2.10. The SMILES string of the molecule is Cc1ccc(C(=O)OC[C@@H]2C[C@H](C)CO2)cc1. The molecule has 1 aromatic carbocycles. The van der Waals surface area contributed by atoms with Gasteiger partial charge in [0, 0.05) is 6.61 Å². The standard InChI is InChI=1S/C14H18O3/c1-10-3-5-12(6-4-10)14(15)17-9-13-7-11(2)8-16-13/h3-6,11,13H,7-9H2,1-2H3/t11-,13-/m0/s1. The zero-order valence-electron chi connectivity index (χ0n) is 10.3. The summed E-state index contributed by atoms with van der Waals surface area (Å²) in [6.07, 6.45) is 1.04. The van der Waals surface area contributed by atoms with Crippen molar-refractivity contribution in [3.8, 4) is 0 Å². The van der Waals surface area contributed by atoms with Gasteiger partial charge in [0.05, 0.1) is 11.7 Å². The van der Waals surface area contributed by atoms with Crippen LogP contribution in [-0.4, -0.2) is 25.3 Å². The molecule has 0 saturated carbocycles. The molecule has 3 heteroatoms. The first-order valence-corrected chi connectivity index (χ1v) is 6.00. The van der Waals surface area contributed by atoms with Crippen molar-refractivity contribution in [2.75, 3.05) is 13.2 Å². The van der Waals surface area contributed by atoms with Gasteiger partial charge in [-0.3, -0.25) is 0 Å². The summed E-state index contributed by atoms with van der Waals surface area (Å²) in [5, 5.41) is 0. The highest BCUT2D eigenvalue weighted by atomic mass is 16.6. The van der Waals surface area contributed by atoms with Crippen LogP contribution in [0, 0.1) is 12.8 Å². The van der Waals surface area contributed by atoms with Crippen LogP contribution in [0.15, 0.2) is 24.3 Å². The molecule has 1 saturated heterocycles. The third-order valence-corrected chi connectivity index (χ3v) is 2.97. The molecule has 0 unspecified atom stereocenters. The highest BCUT2D eigenvalue weighted by molar-refractivity contribution is 5.89. The molecule has 0 bridgehead atoms. The van der Waals surface area contributed by atoms with E-state index < -0.39 is 0 Å². The lowest BCUT2D eigenvalue weighted by molar-refractivity contribution is 0.0158. The Morgan fingerprint density at radius 3 is 2.71 bits per heavy atom. The van der Waals surface area contributed by atoms with Crippen LogP contribution in [-0.2, 0) is 9.47 Å². The Bertz CT molecular complexity index is 383. The van der Waals surface area contributed by atoms with E-state index in [2.05, 4.69) is 6.92 Å². The summed E-state index contributed by atoms with van der Waals surface area (Å²) in [6, 6.07) is 7.39. The maximum atomic E-state index is 11.7. The number of ether oxygens (including phenoxy) is 2. The molecule has 1 aliphatic heterocycles. The Morgan fingerprint density at radius 2 is 2.12 bits per heavy atom. The molecule has 0 radical (unpaired) electrons. The first-order chi connectivity index (χ1) is 8.15. The fraction of sp³-hybridized carbons (Fsp3) is 0.500. The Morgan fingerprint density at radius 1 is 1.41 bits per heavy atom. The van der Waals surface area contributed by atoms with E-state index in [4.69, 9.17) is 9.47 Å². The first kappa shape index (κ1) is 12.1. The predicted octanol–water partition coefficient (Wildman–Crippen LogP) is 2.58. The molecule has 1 aromatic rings. The molecule has 0 aromatic heterocycles. The van der Waals surface area contributed by atoms with Crippen LogP contribution in [0.3, 0.4) is 0 Å². The van der Waals surface area contributed by atoms with Crippen LogP contribution in [0.5, 0.6) is 0 Å². The smallest absolute Gasteiger partial charge is 0.338 e. The van der Waals surface area contributed by atoms with Gasteiger partial charge in [-0.1, -0.05) is 24.6 Å². The lowest BCUT2D eigenvalue weighted by Crippen LogP contribution is -2.18. The predicted molar refractivity (Wildman–Crippen MR) is 65.0 cm³/mol. The van der Waals surface area contributed by atoms with Crippen molar-refractivity contribution in [2.24, 2.45) is 5.92 Å². The third kappa shape index (κ3) is 3.30. The van der Waals surface area contributed by atoms with E-state index in [0.717, 1.165) is 18.6 Å². The maximum Gasteiger partial charge on any atom is 0.338 e. The van der Waals surface area contributed by atoms with Crippen LogP contribution in [0.25, 0.3) is 0 Å². The van der Waals surface area contributed by atoms with Crippen molar-refractivity contribution in [2.45, 2.75) is 26.4 Å². The van der Waals surface area contributed by atoms with Gasteiger partial charge >= 0.3 is 5.97 Å². The van der Waals surface area contributed by atoms with E-state index >= 15 is 0 Å². The van der Waals surface area contributed by atoms with Gasteiger partial charge in [-0.05, 0) is 31.4 Å². The van der Waals surface area contributed by atoms with Crippen LogP contribution in [0.1, 0.15) is 29.3 Å². The number of rotatable bonds is 3. The van der Waals surface area contributed by atoms with E-state index in [1.807, 2.05) is 19.1 Å². The monoisotopic (exact) mass is 234 g/mol. The minimum Gasteiger partial charge on any atom is -0.459 e. The normalized spacial score (nSPS) is 23.6. The van der Waals surface area contributed by atoms with E-state index in [9.17, 15) is 4.79 Å². The first-order valence-electron chi connectivity index (χ1n) is 6.00. The average Bonchev–Trinajstić information content (AvgIpc) is 2.73. The van der Waals surface area contributed by atoms with E-state index in [0.29, 0.717) is 18.1 Å². The second-order valence-corrected chi connectivity index (χ2v) is 4.76. The van der Waals surface area contributed by atoms with Crippen molar-refractivity contribution in [3.63, 3.8) is 0 Å². The Labute approximate surface area is 102 Å². The van der Waals surface area contributed by atoms with Crippen molar-refractivity contribution in [1.29, 1.82) is 0 Å². The van der Waals surface area contributed by atoms with Gasteiger partial charge in [0.1, 0.15) is 6.61 Å². The quantitative estimate of drug-likeness (QED) is 0.754. The summed E-state index contributed by atoms with van der Waals surface area (Å²) in [6.45, 7) is 5.26. The molecule has 0 aliphatic carbocycles. The van der Waals surface area contributed by atoms with E-state index in [-0.39, 0.29) is 12.1 Å². The molecule has 17 heavy (non-hydrogen) atoms. The fourth-order valence-electron chi connectivity index (χ4n) is 1.94. The maximum absolute atomic E-state index is 11.7. The summed E-state index contributed by atoms with van der Waals surface area (Å²) in [5.74, 6) is 0.297. The summed E-state index contributed by atoms with van der Waals surface area (Å²) < 4.78 is 10.7. The number of carbonyl (C=O) groups is 1. The second kappa shape index (κ2) is 5.32. The molecule has 3 nitrogen and oxygen atoms in total. The van der Waals surface area contributed by atoms with Crippen LogP contribution in [0.2, 0.25) is 0 Å². The van der Waals surface area contributed by atoms with E-state index in [1.54, 1.807) is 12.1 Å². The summed E-state index contributed by atoms with van der Waals surface area (Å²) >= 11 is 0. The summed E-state index contributed by atoms with van der Waals surface area (Å²) in [7, 11) is 0. The molecule has 0 N–H and O–H groups in total. The Hall–Kier alpha value is -1.35. The molecule has 0 amide bonds. The van der Waals surface area contributed by atoms with Gasteiger partial charge in [0.2, 0.25) is 0 Å². The zero-order valence-corrected chi connectivity index (χ0v) is 10.3. The van der Waals surface area contributed by atoms with Gasteiger partial charge in [-0.2, -0.15) is 0 Å². The number of carbonyl (C=O) groups excluding carboxylic acids is 1. The van der Waals surface area contributed by atoms with Gasteiger partial charge in [0.15, 0.2) is 0 Å². The molecule has 1 fully saturated rings. The van der Waals surface area contributed by atoms with Crippen molar-refractivity contribution in [3.05, 3.63) is 35.4 Å². The minimum atomic E-state index is -0.270. The van der Waals surface area contributed by atoms with E-state index in [1.165, 1.54) is 0 Å². The van der Waals surface area contributed by atoms with Crippen LogP contribution in [0.4, 0.5) is 0 Å². The zero-order chi connectivity index (χ0) is 12.3. The second-order valence-electron chi connectivity index (χ2n) is 4.76. The lowest BCUT2D eigenvalue weighted by atomic mass is 10.1. The number of hydrogen-bond donors (Lipinski definition) is 0. The van der Waals surface area contributed by atoms with Gasteiger partial charge in [-0.15, -0.1) is 0 Å². The number of esters is 1. The Kier molecular flexibility index (Phi) is 3.79. The molecule has 2 rings (SSSR count). The molecule has 2 atom stereocenters. The Balaban J connectivity index is 1.83. The molecular formula is C14H18O3. The van der Waals surface area contributed by atoms with Gasteiger partial charge in [-0.25, -0.2) is 4.79 Å². The summed E-state index contributed by atoms with van der Waals surface area (Å²) in [4.78, 5) is 11.7. The molecule has 1 heterocycles. The van der Waals surface area contributed by atoms with Crippen LogP contribution < -0.4 is 0 Å². The number of hydrogen-bond acceptors (Lipinski definition) is 3. The molecule has 0 spiro atoms. The average molecular weight is 234 g/mol. The minimum absolute atomic E-state index is 0.0689. The molecule has 92 valence electrons. The van der Waals surface area contributed by atoms with Gasteiger partial charge in [0.25, 0.3) is 0 Å². The topological polar surface area (TPSA) is 35.5 Å². The third-order valence-electron chi connectivity index (χ3n) is 2.97. The largest absolute Gasteiger partial charge is 0.459 e. The highest BCUT2D eigenvalue weighted by Crippen LogP contribution is 2.19. The van der Waals surface area contributed by atoms with Crippen LogP contribution >= 0.6 is 0 Å². The molecule has 1 aliphatic rings. The summed E-state index contributed by atoms with van der Waals surface area (Å²) in [5.41, 5.74) is 1.73. The van der Waals surface area contributed by atoms with Crippen molar-refractivity contribution in [1.82, 2.24) is 0 Å². The fourth-order valence-corrected chi connectivity index (χ4v) is 1.94. The number of benzene rings is 1. The number of aryl methyl sites for hydroxylation is 1. The van der Waals surface area contributed by atoms with Gasteiger partial charge < -0.3 is 9.47 Å². The van der Waals surface area contributed by atoms with Crippen molar-refractivity contribution < 1.29 is 14.3 Å². The van der Waals surface area contributed by atoms with Crippen molar-refractivity contribution >= 4 is 5.97 Å². The molecular weight excluding hydrogens is 216 g/mol.